The summed E-state index contributed by atoms with van der Waals surface area (Å²) in [6.07, 6.45) is 3.21. The molecule has 3 rings (SSSR count). The average molecular weight is 340 g/mol. The van der Waals surface area contributed by atoms with Crippen molar-refractivity contribution < 1.29 is 9.18 Å². The van der Waals surface area contributed by atoms with Gasteiger partial charge in [-0.15, -0.1) is 0 Å². The maximum atomic E-state index is 14.9. The molecule has 1 saturated carbocycles. The monoisotopic (exact) mass is 340 g/mol. The molecule has 1 aromatic heterocycles. The molecular formula is C16H25FN4OS. The number of carbonyl (C=O) groups is 1. The zero-order valence-corrected chi connectivity index (χ0v) is 14.9. The van der Waals surface area contributed by atoms with Crippen molar-refractivity contribution in [2.45, 2.75) is 58.0 Å². The normalized spacial score (nSPS) is 21.3. The molecule has 1 aliphatic heterocycles. The van der Waals surface area contributed by atoms with E-state index in [0.717, 1.165) is 11.0 Å². The Morgan fingerprint density at radius 3 is 2.61 bits per heavy atom. The van der Waals surface area contributed by atoms with Crippen LogP contribution in [-0.4, -0.2) is 40.6 Å². The largest absolute Gasteiger partial charge is 0.352 e. The molecule has 0 aromatic carbocycles. The summed E-state index contributed by atoms with van der Waals surface area (Å²) in [4.78, 5) is 18.6. The summed E-state index contributed by atoms with van der Waals surface area (Å²) in [5.41, 5.74) is -1.80. The molecule has 0 atom stereocenters. The summed E-state index contributed by atoms with van der Waals surface area (Å²) in [5, 5.41) is 3.67. The molecule has 7 heteroatoms. The van der Waals surface area contributed by atoms with E-state index in [1.54, 1.807) is 0 Å². The Hall–Kier alpha value is -1.24. The van der Waals surface area contributed by atoms with E-state index >= 15 is 0 Å². The predicted octanol–water partition coefficient (Wildman–Crippen LogP) is 2.89. The first-order chi connectivity index (χ1) is 10.8. The van der Waals surface area contributed by atoms with Gasteiger partial charge in [-0.3, -0.25) is 4.79 Å². The molecule has 1 N–H and O–H groups in total. The van der Waals surface area contributed by atoms with Gasteiger partial charge in [0.25, 0.3) is 0 Å². The van der Waals surface area contributed by atoms with Crippen LogP contribution in [0.15, 0.2) is 0 Å². The molecule has 23 heavy (non-hydrogen) atoms. The van der Waals surface area contributed by atoms with Crippen molar-refractivity contribution in [2.75, 3.05) is 24.5 Å². The molecular weight excluding hydrogens is 315 g/mol. The van der Waals surface area contributed by atoms with Gasteiger partial charge in [0.15, 0.2) is 0 Å². The highest BCUT2D eigenvalue weighted by Gasteiger charge is 2.37. The number of amides is 1. The molecule has 0 bridgehead atoms. The quantitative estimate of drug-likeness (QED) is 0.916. The van der Waals surface area contributed by atoms with Crippen LogP contribution in [-0.2, 0) is 4.79 Å². The molecule has 1 aliphatic carbocycles. The van der Waals surface area contributed by atoms with Crippen LogP contribution in [0.1, 0.15) is 58.2 Å². The number of aromatic nitrogens is 2. The first-order valence-corrected chi connectivity index (χ1v) is 9.10. The van der Waals surface area contributed by atoms with Crippen LogP contribution in [0.3, 0.4) is 0 Å². The van der Waals surface area contributed by atoms with Crippen molar-refractivity contribution in [1.82, 2.24) is 14.7 Å². The minimum absolute atomic E-state index is 0.0976. The van der Waals surface area contributed by atoms with Crippen LogP contribution >= 0.6 is 11.5 Å². The lowest BCUT2D eigenvalue weighted by molar-refractivity contribution is -0.129. The zero-order chi connectivity index (χ0) is 16.7. The average Bonchev–Trinajstić information content (AvgIpc) is 3.23. The van der Waals surface area contributed by atoms with Gasteiger partial charge in [0.1, 0.15) is 11.5 Å². The lowest BCUT2D eigenvalue weighted by atomic mass is 9.91. The second kappa shape index (κ2) is 6.00. The summed E-state index contributed by atoms with van der Waals surface area (Å²) < 4.78 is 19.3. The standard InChI is InChI=1S/C16H25FN4OS/c1-15(2,3)13(22)18-10-16(17)6-8-21(9-7-16)14-19-12(20-23-14)11-4-5-11/h11H,4-10H2,1-3H3,(H,18,22). The van der Waals surface area contributed by atoms with Crippen LogP contribution in [0.5, 0.6) is 0 Å². The number of halogens is 1. The summed E-state index contributed by atoms with van der Waals surface area (Å²) >= 11 is 1.42. The number of hydrogen-bond donors (Lipinski definition) is 1. The number of alkyl halides is 1. The molecule has 5 nitrogen and oxygen atoms in total. The summed E-state index contributed by atoms with van der Waals surface area (Å²) in [6.45, 7) is 6.86. The molecule has 128 valence electrons. The molecule has 2 heterocycles. The van der Waals surface area contributed by atoms with Gasteiger partial charge in [-0.25, -0.2) is 9.37 Å². The lowest BCUT2D eigenvalue weighted by Crippen LogP contribution is -2.50. The van der Waals surface area contributed by atoms with Gasteiger partial charge in [-0.05, 0) is 12.8 Å². The third-order valence-corrected chi connectivity index (χ3v) is 5.34. The minimum atomic E-state index is -1.32. The number of piperidine rings is 1. The molecule has 1 saturated heterocycles. The number of nitrogens with zero attached hydrogens (tertiary/aromatic N) is 3. The molecule has 2 aliphatic rings. The first kappa shape index (κ1) is 16.6. The number of carbonyl (C=O) groups excluding carboxylic acids is 1. The number of rotatable bonds is 4. The van der Waals surface area contributed by atoms with E-state index in [2.05, 4.69) is 19.6 Å². The van der Waals surface area contributed by atoms with E-state index in [4.69, 9.17) is 0 Å². The second-order valence-corrected chi connectivity index (χ2v) is 8.51. The van der Waals surface area contributed by atoms with Gasteiger partial charge in [-0.1, -0.05) is 20.8 Å². The molecule has 0 unspecified atom stereocenters. The SMILES string of the molecule is CC(C)(C)C(=O)NCC1(F)CCN(c2nc(C3CC3)ns2)CC1. The van der Waals surface area contributed by atoms with Gasteiger partial charge in [0, 0.05) is 48.8 Å². The molecule has 0 radical (unpaired) electrons. The van der Waals surface area contributed by atoms with Crippen LogP contribution in [0.25, 0.3) is 0 Å². The lowest BCUT2D eigenvalue weighted by Gasteiger charge is -2.36. The van der Waals surface area contributed by atoms with Crippen molar-refractivity contribution >= 4 is 22.6 Å². The summed E-state index contributed by atoms with van der Waals surface area (Å²) in [6, 6.07) is 0. The Balaban J connectivity index is 1.51. The minimum Gasteiger partial charge on any atom is -0.352 e. The van der Waals surface area contributed by atoms with Crippen LogP contribution in [0, 0.1) is 5.41 Å². The van der Waals surface area contributed by atoms with Crippen molar-refractivity contribution in [2.24, 2.45) is 5.41 Å². The van der Waals surface area contributed by atoms with Crippen molar-refractivity contribution in [3.05, 3.63) is 5.82 Å². The van der Waals surface area contributed by atoms with E-state index < -0.39 is 11.1 Å². The van der Waals surface area contributed by atoms with Gasteiger partial charge in [0.05, 0.1) is 6.54 Å². The Kier molecular flexibility index (Phi) is 4.33. The van der Waals surface area contributed by atoms with Gasteiger partial charge < -0.3 is 10.2 Å². The van der Waals surface area contributed by atoms with Gasteiger partial charge >= 0.3 is 0 Å². The van der Waals surface area contributed by atoms with Crippen molar-refractivity contribution in [3.8, 4) is 0 Å². The van der Waals surface area contributed by atoms with Crippen molar-refractivity contribution in [1.29, 1.82) is 0 Å². The predicted molar refractivity (Wildman–Crippen MR) is 89.6 cm³/mol. The second-order valence-electron chi connectivity index (χ2n) is 7.78. The van der Waals surface area contributed by atoms with Gasteiger partial charge in [-0.2, -0.15) is 4.37 Å². The fraction of sp³-hybridized carbons (Fsp3) is 0.812. The molecule has 0 spiro atoms. The molecule has 2 fully saturated rings. The van der Waals surface area contributed by atoms with E-state index in [0.29, 0.717) is 31.8 Å². The van der Waals surface area contributed by atoms with Crippen LogP contribution in [0.2, 0.25) is 0 Å². The van der Waals surface area contributed by atoms with E-state index in [9.17, 15) is 9.18 Å². The number of anilines is 1. The number of hydrogen-bond acceptors (Lipinski definition) is 5. The summed E-state index contributed by atoms with van der Waals surface area (Å²) in [5.74, 6) is 1.41. The Morgan fingerprint density at radius 2 is 2.04 bits per heavy atom. The fourth-order valence-corrected chi connectivity index (χ4v) is 3.44. The van der Waals surface area contributed by atoms with Crippen LogP contribution < -0.4 is 10.2 Å². The van der Waals surface area contributed by atoms with E-state index in [1.165, 1.54) is 24.4 Å². The van der Waals surface area contributed by atoms with Crippen molar-refractivity contribution in [3.63, 3.8) is 0 Å². The zero-order valence-electron chi connectivity index (χ0n) is 14.1. The number of nitrogens with one attached hydrogen (secondary N) is 1. The Labute approximate surface area is 140 Å². The molecule has 1 aromatic rings. The topological polar surface area (TPSA) is 58.1 Å². The Bertz CT molecular complexity index is 571. The van der Waals surface area contributed by atoms with Crippen LogP contribution in [0.4, 0.5) is 9.52 Å². The smallest absolute Gasteiger partial charge is 0.225 e. The highest BCUT2D eigenvalue weighted by molar-refractivity contribution is 7.09. The van der Waals surface area contributed by atoms with E-state index in [1.807, 2.05) is 20.8 Å². The highest BCUT2D eigenvalue weighted by Crippen LogP contribution is 2.40. The third-order valence-electron chi connectivity index (χ3n) is 4.55. The maximum Gasteiger partial charge on any atom is 0.225 e. The maximum absolute atomic E-state index is 14.9. The van der Waals surface area contributed by atoms with Gasteiger partial charge in [0.2, 0.25) is 11.0 Å². The fourth-order valence-electron chi connectivity index (χ4n) is 2.64. The van der Waals surface area contributed by atoms with E-state index in [-0.39, 0.29) is 12.5 Å². The third kappa shape index (κ3) is 4.00. The summed E-state index contributed by atoms with van der Waals surface area (Å²) in [7, 11) is 0. The highest BCUT2D eigenvalue weighted by atomic mass is 32.1. The molecule has 1 amide bonds. The first-order valence-electron chi connectivity index (χ1n) is 8.33. The Morgan fingerprint density at radius 1 is 1.39 bits per heavy atom.